The van der Waals surface area contributed by atoms with E-state index in [1.807, 2.05) is 18.2 Å². The van der Waals surface area contributed by atoms with Crippen LogP contribution in [0.3, 0.4) is 0 Å². The zero-order chi connectivity index (χ0) is 15.8. The van der Waals surface area contributed by atoms with E-state index < -0.39 is 18.2 Å². The van der Waals surface area contributed by atoms with Crippen LogP contribution in [-0.2, 0) is 9.59 Å². The first-order valence-corrected chi connectivity index (χ1v) is 7.50. The number of benzene rings is 1. The highest BCUT2D eigenvalue weighted by atomic mass is 32.1. The van der Waals surface area contributed by atoms with Gasteiger partial charge in [-0.15, -0.1) is 0 Å². The molecule has 116 valence electrons. The van der Waals surface area contributed by atoms with E-state index in [0.717, 1.165) is 5.56 Å². The van der Waals surface area contributed by atoms with Crippen LogP contribution in [0.25, 0.3) is 0 Å². The lowest BCUT2D eigenvalue weighted by atomic mass is 10.0. The number of amides is 2. The molecule has 2 amide bonds. The number of aliphatic hydroxyl groups is 1. The lowest BCUT2D eigenvalue weighted by Gasteiger charge is -2.24. The van der Waals surface area contributed by atoms with Crippen molar-refractivity contribution in [2.45, 2.75) is 38.5 Å². The molecular weight excluding hydrogens is 288 g/mol. The van der Waals surface area contributed by atoms with Crippen molar-refractivity contribution in [3.63, 3.8) is 0 Å². The second-order valence-electron chi connectivity index (χ2n) is 4.92. The second kappa shape index (κ2) is 8.69. The Bertz CT molecular complexity index is 467. The predicted molar refractivity (Wildman–Crippen MR) is 85.1 cm³/mol. The van der Waals surface area contributed by atoms with Gasteiger partial charge in [-0.3, -0.25) is 9.59 Å². The smallest absolute Gasteiger partial charge is 0.242 e. The van der Waals surface area contributed by atoms with Gasteiger partial charge in [0.25, 0.3) is 0 Å². The van der Waals surface area contributed by atoms with Crippen LogP contribution in [0.15, 0.2) is 30.3 Å². The van der Waals surface area contributed by atoms with E-state index in [-0.39, 0.29) is 11.8 Å². The minimum atomic E-state index is -0.802. The third kappa shape index (κ3) is 5.77. The maximum atomic E-state index is 12.1. The molecule has 3 atom stereocenters. The fourth-order valence-corrected chi connectivity index (χ4v) is 2.24. The molecule has 0 bridgehead atoms. The highest BCUT2D eigenvalue weighted by molar-refractivity contribution is 7.80. The van der Waals surface area contributed by atoms with Gasteiger partial charge in [0, 0.05) is 6.92 Å². The molecule has 1 aromatic rings. The van der Waals surface area contributed by atoms with Crippen LogP contribution in [0, 0.1) is 0 Å². The molecule has 0 radical (unpaired) electrons. The predicted octanol–water partition coefficient (Wildman–Crippen LogP) is 1.05. The summed E-state index contributed by atoms with van der Waals surface area (Å²) < 4.78 is 0. The van der Waals surface area contributed by atoms with Crippen LogP contribution in [-0.4, -0.2) is 34.8 Å². The first kappa shape index (κ1) is 17.5. The van der Waals surface area contributed by atoms with Crippen molar-refractivity contribution < 1.29 is 14.7 Å². The summed E-state index contributed by atoms with van der Waals surface area (Å²) in [5, 5.41) is 15.5. The Balaban J connectivity index is 2.65. The maximum absolute atomic E-state index is 12.1. The third-order valence-electron chi connectivity index (χ3n) is 3.10. The number of rotatable bonds is 7. The Hall–Kier alpha value is -1.53. The zero-order valence-electron chi connectivity index (χ0n) is 12.2. The molecule has 0 aromatic heterocycles. The zero-order valence-corrected chi connectivity index (χ0v) is 13.1. The van der Waals surface area contributed by atoms with Gasteiger partial charge in [0.1, 0.15) is 6.04 Å². The molecule has 0 spiro atoms. The second-order valence-corrected chi connectivity index (χ2v) is 5.37. The Morgan fingerprint density at radius 1 is 1.24 bits per heavy atom. The molecule has 0 fully saturated rings. The molecule has 1 rings (SSSR count). The summed E-state index contributed by atoms with van der Waals surface area (Å²) in [6.45, 7) is 3.09. The van der Waals surface area contributed by atoms with Crippen LogP contribution in [0.2, 0.25) is 0 Å². The molecule has 0 saturated carbocycles. The van der Waals surface area contributed by atoms with Gasteiger partial charge < -0.3 is 15.7 Å². The minimum absolute atomic E-state index is 0.270. The summed E-state index contributed by atoms with van der Waals surface area (Å²) in [6.07, 6.45) is -0.369. The van der Waals surface area contributed by atoms with Crippen LogP contribution < -0.4 is 10.6 Å². The maximum Gasteiger partial charge on any atom is 0.242 e. The monoisotopic (exact) mass is 310 g/mol. The molecule has 21 heavy (non-hydrogen) atoms. The standard InChI is InChI=1S/C15H22N2O3S/c1-10(14(19)12-6-4-3-5-7-12)16-15(20)13(8-9-21)17-11(2)18/h3-7,10,13-14,19,21H,8-9H2,1-2H3,(H,16,20)(H,17,18). The summed E-state index contributed by atoms with van der Waals surface area (Å²) in [7, 11) is 0. The van der Waals surface area contributed by atoms with Crippen LogP contribution in [0.4, 0.5) is 0 Å². The number of carbonyl (C=O) groups is 2. The van der Waals surface area contributed by atoms with E-state index in [1.54, 1.807) is 19.1 Å². The summed E-state index contributed by atoms with van der Waals surface area (Å²) in [4.78, 5) is 23.3. The van der Waals surface area contributed by atoms with Gasteiger partial charge in [-0.05, 0) is 24.7 Å². The van der Waals surface area contributed by atoms with Crippen molar-refractivity contribution in [3.8, 4) is 0 Å². The number of hydrogen-bond donors (Lipinski definition) is 4. The van der Waals surface area contributed by atoms with Crippen molar-refractivity contribution >= 4 is 24.4 Å². The van der Waals surface area contributed by atoms with E-state index in [9.17, 15) is 14.7 Å². The summed E-state index contributed by atoms with van der Waals surface area (Å²) in [6, 6.07) is 8.02. The quantitative estimate of drug-likeness (QED) is 0.569. The van der Waals surface area contributed by atoms with Crippen LogP contribution in [0.5, 0.6) is 0 Å². The number of carbonyl (C=O) groups excluding carboxylic acids is 2. The normalized spacial score (nSPS) is 14.9. The summed E-state index contributed by atoms with van der Waals surface area (Å²) in [5.74, 6) is -0.108. The first-order valence-electron chi connectivity index (χ1n) is 6.87. The summed E-state index contributed by atoms with van der Waals surface area (Å²) >= 11 is 4.08. The fourth-order valence-electron chi connectivity index (χ4n) is 1.99. The Morgan fingerprint density at radius 2 is 1.86 bits per heavy atom. The highest BCUT2D eigenvalue weighted by Crippen LogP contribution is 2.16. The average Bonchev–Trinajstić information content (AvgIpc) is 2.46. The Kier molecular flexibility index (Phi) is 7.25. The van der Waals surface area contributed by atoms with Crippen molar-refractivity contribution in [1.29, 1.82) is 0 Å². The highest BCUT2D eigenvalue weighted by Gasteiger charge is 2.23. The number of thiol groups is 1. The van der Waals surface area contributed by atoms with Crippen LogP contribution in [0.1, 0.15) is 31.9 Å². The SMILES string of the molecule is CC(=O)NC(CCS)C(=O)NC(C)C(O)c1ccccc1. The first-order chi connectivity index (χ1) is 9.95. The largest absolute Gasteiger partial charge is 0.386 e. The van der Waals surface area contributed by atoms with Crippen molar-refractivity contribution in [2.75, 3.05) is 5.75 Å². The number of hydrogen-bond acceptors (Lipinski definition) is 4. The molecular formula is C15H22N2O3S. The van der Waals surface area contributed by atoms with Gasteiger partial charge in [-0.25, -0.2) is 0 Å². The molecule has 5 nitrogen and oxygen atoms in total. The topological polar surface area (TPSA) is 78.4 Å². The van der Waals surface area contributed by atoms with Gasteiger partial charge in [0.05, 0.1) is 12.1 Å². The average molecular weight is 310 g/mol. The van der Waals surface area contributed by atoms with Gasteiger partial charge in [-0.1, -0.05) is 30.3 Å². The molecule has 3 N–H and O–H groups in total. The van der Waals surface area contributed by atoms with Crippen molar-refractivity contribution in [3.05, 3.63) is 35.9 Å². The molecule has 0 heterocycles. The number of nitrogens with one attached hydrogen (secondary N) is 2. The summed E-state index contributed by atoms with van der Waals surface area (Å²) in [5.41, 5.74) is 0.732. The van der Waals surface area contributed by atoms with Gasteiger partial charge >= 0.3 is 0 Å². The molecule has 6 heteroatoms. The van der Waals surface area contributed by atoms with E-state index in [2.05, 4.69) is 23.3 Å². The number of aliphatic hydroxyl groups excluding tert-OH is 1. The lowest BCUT2D eigenvalue weighted by molar-refractivity contribution is -0.129. The van der Waals surface area contributed by atoms with Crippen LogP contribution >= 0.6 is 12.6 Å². The Morgan fingerprint density at radius 3 is 2.38 bits per heavy atom. The third-order valence-corrected chi connectivity index (χ3v) is 3.35. The molecule has 0 saturated heterocycles. The van der Waals surface area contributed by atoms with E-state index in [1.165, 1.54) is 6.92 Å². The van der Waals surface area contributed by atoms with Gasteiger partial charge in [0.2, 0.25) is 11.8 Å². The lowest BCUT2D eigenvalue weighted by Crippen LogP contribution is -2.50. The minimum Gasteiger partial charge on any atom is -0.386 e. The molecule has 1 aromatic carbocycles. The molecule has 3 unspecified atom stereocenters. The van der Waals surface area contributed by atoms with Gasteiger partial charge in [0.15, 0.2) is 0 Å². The van der Waals surface area contributed by atoms with E-state index in [0.29, 0.717) is 12.2 Å². The van der Waals surface area contributed by atoms with Crippen molar-refractivity contribution in [2.24, 2.45) is 0 Å². The van der Waals surface area contributed by atoms with Gasteiger partial charge in [-0.2, -0.15) is 12.6 Å². The molecule has 0 aliphatic rings. The Labute approximate surface area is 130 Å². The van der Waals surface area contributed by atoms with Crippen molar-refractivity contribution in [1.82, 2.24) is 10.6 Å². The van der Waals surface area contributed by atoms with E-state index >= 15 is 0 Å². The molecule has 0 aliphatic heterocycles. The molecule has 0 aliphatic carbocycles. The fraction of sp³-hybridized carbons (Fsp3) is 0.467. The van der Waals surface area contributed by atoms with E-state index in [4.69, 9.17) is 0 Å².